The summed E-state index contributed by atoms with van der Waals surface area (Å²) in [5.41, 5.74) is 1.61. The third-order valence-electron chi connectivity index (χ3n) is 1.92. The molecule has 0 aliphatic heterocycles. The summed E-state index contributed by atoms with van der Waals surface area (Å²) in [5, 5.41) is 4.55. The molecule has 78 valence electrons. The Morgan fingerprint density at radius 2 is 2.20 bits per heavy atom. The summed E-state index contributed by atoms with van der Waals surface area (Å²) in [5.74, 6) is 0.948. The number of benzene rings is 1. The zero-order valence-electron chi connectivity index (χ0n) is 7.51. The van der Waals surface area contributed by atoms with Gasteiger partial charge in [0.05, 0.1) is 10.9 Å². The SMILES string of the molecule is ClCc1cc(-c2cccc(Cl)c2Br)no1. The number of nitrogens with zero attached hydrogens (tertiary/aromatic N) is 1. The van der Waals surface area contributed by atoms with Crippen LogP contribution in [0.3, 0.4) is 0 Å². The van der Waals surface area contributed by atoms with E-state index >= 15 is 0 Å². The van der Waals surface area contributed by atoms with Crippen LogP contribution < -0.4 is 0 Å². The van der Waals surface area contributed by atoms with Crippen LogP contribution in [0.1, 0.15) is 5.76 Å². The summed E-state index contributed by atoms with van der Waals surface area (Å²) in [6.07, 6.45) is 0. The molecular formula is C10H6BrCl2NO. The monoisotopic (exact) mass is 305 g/mol. The van der Waals surface area contributed by atoms with E-state index in [9.17, 15) is 0 Å². The van der Waals surface area contributed by atoms with Gasteiger partial charge in [0.1, 0.15) is 5.69 Å². The Morgan fingerprint density at radius 3 is 2.87 bits per heavy atom. The second-order valence-corrected chi connectivity index (χ2v) is 4.38. The Labute approximate surface area is 105 Å². The van der Waals surface area contributed by atoms with Crippen LogP contribution >= 0.6 is 39.1 Å². The first-order chi connectivity index (χ1) is 7.22. The molecule has 0 saturated carbocycles. The molecule has 1 aromatic carbocycles. The summed E-state index contributed by atoms with van der Waals surface area (Å²) in [7, 11) is 0. The van der Waals surface area contributed by atoms with E-state index in [0.29, 0.717) is 16.7 Å². The topological polar surface area (TPSA) is 26.0 Å². The van der Waals surface area contributed by atoms with Crippen LogP contribution in [0.5, 0.6) is 0 Å². The molecule has 0 atom stereocenters. The molecule has 0 unspecified atom stereocenters. The summed E-state index contributed by atoms with van der Waals surface area (Å²) < 4.78 is 5.82. The largest absolute Gasteiger partial charge is 0.359 e. The van der Waals surface area contributed by atoms with Crippen molar-refractivity contribution in [1.82, 2.24) is 5.16 Å². The molecule has 0 fully saturated rings. The van der Waals surface area contributed by atoms with Gasteiger partial charge in [-0.2, -0.15) is 0 Å². The van der Waals surface area contributed by atoms with Crippen molar-refractivity contribution in [2.75, 3.05) is 0 Å². The van der Waals surface area contributed by atoms with E-state index in [1.165, 1.54) is 0 Å². The van der Waals surface area contributed by atoms with Crippen molar-refractivity contribution < 1.29 is 4.52 Å². The van der Waals surface area contributed by atoms with Crippen LogP contribution in [-0.2, 0) is 5.88 Å². The van der Waals surface area contributed by atoms with Crippen LogP contribution in [0.25, 0.3) is 11.3 Å². The maximum absolute atomic E-state index is 5.97. The van der Waals surface area contributed by atoms with Crippen LogP contribution in [0.15, 0.2) is 33.3 Å². The average Bonchev–Trinajstić information content (AvgIpc) is 2.70. The van der Waals surface area contributed by atoms with Crippen LogP contribution in [0, 0.1) is 0 Å². The molecule has 5 heteroatoms. The van der Waals surface area contributed by atoms with Gasteiger partial charge >= 0.3 is 0 Å². The average molecular weight is 307 g/mol. The van der Waals surface area contributed by atoms with Crippen molar-refractivity contribution in [3.63, 3.8) is 0 Å². The molecule has 0 N–H and O–H groups in total. The Bertz CT molecular complexity index is 484. The lowest BCUT2D eigenvalue weighted by atomic mass is 10.1. The predicted octanol–water partition coefficient (Wildman–Crippen LogP) is 4.50. The molecule has 1 aromatic heterocycles. The minimum absolute atomic E-state index is 0.311. The standard InChI is InChI=1S/C10H6BrCl2NO/c11-10-7(2-1-3-8(10)13)9-4-6(5-12)15-14-9/h1-4H,5H2. The third kappa shape index (κ3) is 2.19. The molecule has 0 aliphatic carbocycles. The van der Waals surface area contributed by atoms with Gasteiger partial charge in [-0.15, -0.1) is 11.6 Å². The van der Waals surface area contributed by atoms with Gasteiger partial charge in [-0.25, -0.2) is 0 Å². The molecule has 0 radical (unpaired) electrons. The van der Waals surface area contributed by atoms with Gasteiger partial charge in [0.2, 0.25) is 0 Å². The molecule has 0 aliphatic rings. The van der Waals surface area contributed by atoms with Crippen LogP contribution in [-0.4, -0.2) is 5.16 Å². The van der Waals surface area contributed by atoms with Gasteiger partial charge in [-0.3, -0.25) is 0 Å². The fourth-order valence-electron chi connectivity index (χ4n) is 1.20. The van der Waals surface area contributed by atoms with Crippen LogP contribution in [0.2, 0.25) is 5.02 Å². The summed E-state index contributed by atoms with van der Waals surface area (Å²) in [6.45, 7) is 0. The molecule has 0 bridgehead atoms. The normalized spacial score (nSPS) is 10.6. The van der Waals surface area contributed by atoms with Crippen molar-refractivity contribution in [2.45, 2.75) is 5.88 Å². The molecule has 2 aromatic rings. The fraction of sp³-hybridized carbons (Fsp3) is 0.100. The van der Waals surface area contributed by atoms with Gasteiger partial charge in [-0.1, -0.05) is 28.9 Å². The van der Waals surface area contributed by atoms with E-state index < -0.39 is 0 Å². The molecule has 2 rings (SSSR count). The van der Waals surface area contributed by atoms with E-state index in [1.54, 1.807) is 12.1 Å². The fourth-order valence-corrected chi connectivity index (χ4v) is 1.97. The first-order valence-electron chi connectivity index (χ1n) is 4.18. The van der Waals surface area contributed by atoms with Crippen molar-refractivity contribution in [3.8, 4) is 11.3 Å². The highest BCUT2D eigenvalue weighted by Gasteiger charge is 2.10. The second-order valence-electron chi connectivity index (χ2n) is 2.91. The first kappa shape index (κ1) is 11.0. The van der Waals surface area contributed by atoms with E-state index in [0.717, 1.165) is 15.7 Å². The lowest BCUT2D eigenvalue weighted by molar-refractivity contribution is 0.396. The minimum Gasteiger partial charge on any atom is -0.359 e. The highest BCUT2D eigenvalue weighted by molar-refractivity contribution is 9.10. The van der Waals surface area contributed by atoms with Crippen LogP contribution in [0.4, 0.5) is 0 Å². The van der Waals surface area contributed by atoms with E-state index in [4.69, 9.17) is 27.7 Å². The van der Waals surface area contributed by atoms with Gasteiger partial charge in [0, 0.05) is 16.1 Å². The zero-order valence-corrected chi connectivity index (χ0v) is 10.6. The second kappa shape index (κ2) is 4.56. The third-order valence-corrected chi connectivity index (χ3v) is 3.58. The Balaban J connectivity index is 2.49. The maximum Gasteiger partial charge on any atom is 0.152 e. The summed E-state index contributed by atoms with van der Waals surface area (Å²) >= 11 is 15.0. The van der Waals surface area contributed by atoms with Gasteiger partial charge in [0.25, 0.3) is 0 Å². The molecule has 0 amide bonds. The van der Waals surface area contributed by atoms with Crippen molar-refractivity contribution >= 4 is 39.1 Å². The van der Waals surface area contributed by atoms with E-state index in [1.807, 2.05) is 12.1 Å². The molecule has 0 spiro atoms. The molecular weight excluding hydrogens is 301 g/mol. The summed E-state index contributed by atoms with van der Waals surface area (Å²) in [6, 6.07) is 7.37. The number of halogens is 3. The minimum atomic E-state index is 0.311. The number of hydrogen-bond acceptors (Lipinski definition) is 2. The number of alkyl halides is 1. The van der Waals surface area contributed by atoms with E-state index in [2.05, 4.69) is 21.1 Å². The van der Waals surface area contributed by atoms with Gasteiger partial charge in [0.15, 0.2) is 5.76 Å². The molecule has 1 heterocycles. The Kier molecular flexibility index (Phi) is 3.34. The smallest absolute Gasteiger partial charge is 0.152 e. The molecule has 15 heavy (non-hydrogen) atoms. The van der Waals surface area contributed by atoms with Crippen molar-refractivity contribution in [2.24, 2.45) is 0 Å². The summed E-state index contributed by atoms with van der Waals surface area (Å²) in [4.78, 5) is 0. The van der Waals surface area contributed by atoms with E-state index in [-0.39, 0.29) is 0 Å². The number of rotatable bonds is 2. The predicted molar refractivity (Wildman–Crippen MR) is 64.2 cm³/mol. The Morgan fingerprint density at radius 1 is 1.40 bits per heavy atom. The highest BCUT2D eigenvalue weighted by Crippen LogP contribution is 2.33. The molecule has 2 nitrogen and oxygen atoms in total. The van der Waals surface area contributed by atoms with Gasteiger partial charge < -0.3 is 4.52 Å². The lowest BCUT2D eigenvalue weighted by Gasteiger charge is -2.00. The maximum atomic E-state index is 5.97. The van der Waals surface area contributed by atoms with Gasteiger partial charge in [-0.05, 0) is 22.0 Å². The Hall–Kier alpha value is -0.510. The quantitative estimate of drug-likeness (QED) is 0.764. The highest BCUT2D eigenvalue weighted by atomic mass is 79.9. The number of hydrogen-bond donors (Lipinski definition) is 0. The lowest BCUT2D eigenvalue weighted by Crippen LogP contribution is -1.79. The first-order valence-corrected chi connectivity index (χ1v) is 5.89. The number of aromatic nitrogens is 1. The molecule has 0 saturated heterocycles. The van der Waals surface area contributed by atoms with Crippen molar-refractivity contribution in [3.05, 3.63) is 39.5 Å². The zero-order chi connectivity index (χ0) is 10.8. The van der Waals surface area contributed by atoms with Crippen molar-refractivity contribution in [1.29, 1.82) is 0 Å².